The van der Waals surface area contributed by atoms with E-state index in [-0.39, 0.29) is 24.4 Å². The molecule has 0 radical (unpaired) electrons. The number of likely N-dealkylation sites (tertiary alicyclic amines) is 1. The molecule has 1 aliphatic heterocycles. The van der Waals surface area contributed by atoms with Gasteiger partial charge in [-0.05, 0) is 37.0 Å². The van der Waals surface area contributed by atoms with Gasteiger partial charge in [0.15, 0.2) is 11.6 Å². The van der Waals surface area contributed by atoms with Crippen LogP contribution in [0.4, 0.5) is 13.6 Å². The average molecular weight is 338 g/mol. The lowest BCUT2D eigenvalue weighted by atomic mass is 9.86. The molecule has 8 heteroatoms. The number of halogens is 2. The molecule has 6 nitrogen and oxygen atoms in total. The number of benzene rings is 1. The Labute approximate surface area is 135 Å². The highest BCUT2D eigenvalue weighted by Gasteiger charge is 2.34. The SMILES string of the molecule is O=C(O)N1CC[C@H](c2cc(=O)[nH]o2)C[C@H]1Cc1ccc(F)c(F)c1. The first kappa shape index (κ1) is 16.2. The molecule has 1 aliphatic rings. The van der Waals surface area contributed by atoms with Gasteiger partial charge in [-0.3, -0.25) is 4.79 Å². The van der Waals surface area contributed by atoms with E-state index in [2.05, 4.69) is 5.16 Å². The minimum Gasteiger partial charge on any atom is -0.465 e. The Kier molecular flexibility index (Phi) is 4.37. The summed E-state index contributed by atoms with van der Waals surface area (Å²) >= 11 is 0. The Morgan fingerprint density at radius 3 is 2.75 bits per heavy atom. The van der Waals surface area contributed by atoms with Crippen molar-refractivity contribution in [1.82, 2.24) is 10.1 Å². The van der Waals surface area contributed by atoms with Gasteiger partial charge in [-0.1, -0.05) is 6.07 Å². The zero-order valence-electron chi connectivity index (χ0n) is 12.7. The van der Waals surface area contributed by atoms with Crippen molar-refractivity contribution < 1.29 is 23.2 Å². The number of carbonyl (C=O) groups is 1. The topological polar surface area (TPSA) is 86.5 Å². The number of aromatic amines is 1. The smallest absolute Gasteiger partial charge is 0.407 e. The second-order valence-electron chi connectivity index (χ2n) is 5.92. The average Bonchev–Trinajstić information content (AvgIpc) is 2.97. The van der Waals surface area contributed by atoms with Crippen LogP contribution in [-0.2, 0) is 6.42 Å². The zero-order chi connectivity index (χ0) is 17.3. The molecular weight excluding hydrogens is 322 g/mol. The molecule has 3 rings (SSSR count). The van der Waals surface area contributed by atoms with E-state index in [0.717, 1.165) is 12.1 Å². The van der Waals surface area contributed by atoms with Gasteiger partial charge in [-0.25, -0.2) is 13.6 Å². The fourth-order valence-electron chi connectivity index (χ4n) is 3.19. The van der Waals surface area contributed by atoms with Crippen LogP contribution < -0.4 is 5.56 Å². The van der Waals surface area contributed by atoms with Gasteiger partial charge in [-0.2, -0.15) is 5.16 Å². The van der Waals surface area contributed by atoms with Gasteiger partial charge in [0.1, 0.15) is 5.76 Å². The van der Waals surface area contributed by atoms with Gasteiger partial charge in [0.25, 0.3) is 5.56 Å². The predicted octanol–water partition coefficient (Wildman–Crippen LogP) is 2.71. The van der Waals surface area contributed by atoms with Crippen LogP contribution in [0.5, 0.6) is 0 Å². The molecule has 2 atom stereocenters. The highest BCUT2D eigenvalue weighted by Crippen LogP contribution is 2.32. The Bertz CT molecular complexity index is 801. The largest absolute Gasteiger partial charge is 0.465 e. The summed E-state index contributed by atoms with van der Waals surface area (Å²) in [4.78, 5) is 23.9. The van der Waals surface area contributed by atoms with Gasteiger partial charge >= 0.3 is 6.09 Å². The molecule has 0 saturated carbocycles. The minimum absolute atomic E-state index is 0.102. The van der Waals surface area contributed by atoms with Crippen LogP contribution in [0.1, 0.15) is 30.1 Å². The number of amides is 1. The molecule has 1 saturated heterocycles. The maximum absolute atomic E-state index is 13.4. The van der Waals surface area contributed by atoms with Gasteiger partial charge in [0.05, 0.1) is 0 Å². The summed E-state index contributed by atoms with van der Waals surface area (Å²) in [5, 5.41) is 11.6. The van der Waals surface area contributed by atoms with E-state index >= 15 is 0 Å². The van der Waals surface area contributed by atoms with Crippen LogP contribution in [0.15, 0.2) is 33.6 Å². The molecule has 2 N–H and O–H groups in total. The van der Waals surface area contributed by atoms with Crippen molar-refractivity contribution in [2.24, 2.45) is 0 Å². The van der Waals surface area contributed by atoms with E-state index in [9.17, 15) is 23.5 Å². The maximum atomic E-state index is 13.4. The summed E-state index contributed by atoms with van der Waals surface area (Å²) in [6.07, 6.45) is 0.166. The summed E-state index contributed by atoms with van der Waals surface area (Å²) in [6.45, 7) is 0.281. The first-order valence-electron chi connectivity index (χ1n) is 7.56. The summed E-state index contributed by atoms with van der Waals surface area (Å²) in [5.74, 6) is -1.52. The van der Waals surface area contributed by atoms with Gasteiger partial charge in [0, 0.05) is 24.6 Å². The monoisotopic (exact) mass is 338 g/mol. The first-order chi connectivity index (χ1) is 11.4. The Balaban J connectivity index is 1.81. The molecule has 0 bridgehead atoms. The van der Waals surface area contributed by atoms with E-state index in [0.29, 0.717) is 24.2 Å². The molecule has 0 unspecified atom stereocenters. The van der Waals surface area contributed by atoms with Crippen molar-refractivity contribution in [2.45, 2.75) is 31.2 Å². The second-order valence-corrected chi connectivity index (χ2v) is 5.92. The van der Waals surface area contributed by atoms with E-state index in [1.165, 1.54) is 17.0 Å². The fourth-order valence-corrected chi connectivity index (χ4v) is 3.19. The Morgan fingerprint density at radius 1 is 1.33 bits per heavy atom. The number of hydrogen-bond acceptors (Lipinski definition) is 3. The third-order valence-corrected chi connectivity index (χ3v) is 4.36. The van der Waals surface area contributed by atoms with Gasteiger partial charge in [-0.15, -0.1) is 0 Å². The quantitative estimate of drug-likeness (QED) is 0.901. The molecule has 24 heavy (non-hydrogen) atoms. The van der Waals surface area contributed by atoms with Crippen molar-refractivity contribution >= 4 is 6.09 Å². The molecule has 1 amide bonds. The van der Waals surface area contributed by atoms with Crippen molar-refractivity contribution in [3.8, 4) is 0 Å². The highest BCUT2D eigenvalue weighted by atomic mass is 19.2. The Hall–Kier alpha value is -2.64. The van der Waals surface area contributed by atoms with Crippen LogP contribution in [0.3, 0.4) is 0 Å². The number of nitrogens with one attached hydrogen (secondary N) is 1. The van der Waals surface area contributed by atoms with Crippen molar-refractivity contribution in [3.63, 3.8) is 0 Å². The van der Waals surface area contributed by atoms with Crippen LogP contribution in [0.25, 0.3) is 0 Å². The van der Waals surface area contributed by atoms with Crippen LogP contribution in [0.2, 0.25) is 0 Å². The fraction of sp³-hybridized carbons (Fsp3) is 0.375. The van der Waals surface area contributed by atoms with E-state index < -0.39 is 23.8 Å². The molecule has 2 heterocycles. The van der Waals surface area contributed by atoms with E-state index in [1.54, 1.807) is 0 Å². The third kappa shape index (κ3) is 3.32. The number of nitrogens with zero attached hydrogens (tertiary/aromatic N) is 1. The standard InChI is InChI=1S/C16H16F2N2O4/c17-12-2-1-9(6-13(12)18)5-11-7-10(3-4-20(11)16(22)23)14-8-15(21)19-24-14/h1-2,6,8,10-11H,3-5,7H2,(H,19,21)(H,22,23)/t10-,11+/m0/s1. The number of carboxylic acid groups (broad SMARTS) is 1. The Morgan fingerprint density at radius 2 is 2.12 bits per heavy atom. The molecule has 1 aromatic carbocycles. The second kappa shape index (κ2) is 6.46. The molecule has 0 aliphatic carbocycles. The number of hydrogen-bond donors (Lipinski definition) is 2. The lowest BCUT2D eigenvalue weighted by Gasteiger charge is -2.37. The van der Waals surface area contributed by atoms with E-state index in [1.807, 2.05) is 0 Å². The summed E-state index contributed by atoms with van der Waals surface area (Å²) in [6, 6.07) is 4.50. The highest BCUT2D eigenvalue weighted by molar-refractivity contribution is 5.65. The minimum atomic E-state index is -1.06. The zero-order valence-corrected chi connectivity index (χ0v) is 12.7. The predicted molar refractivity (Wildman–Crippen MR) is 79.9 cm³/mol. The number of piperidine rings is 1. The number of aromatic nitrogens is 1. The van der Waals surface area contributed by atoms with Crippen LogP contribution >= 0.6 is 0 Å². The van der Waals surface area contributed by atoms with Gasteiger partial charge < -0.3 is 14.5 Å². The first-order valence-corrected chi connectivity index (χ1v) is 7.56. The third-order valence-electron chi connectivity index (χ3n) is 4.36. The van der Waals surface area contributed by atoms with Crippen molar-refractivity contribution in [2.75, 3.05) is 6.54 Å². The molecule has 1 aromatic heterocycles. The number of rotatable bonds is 3. The van der Waals surface area contributed by atoms with Gasteiger partial charge in [0.2, 0.25) is 0 Å². The maximum Gasteiger partial charge on any atom is 0.407 e. The molecule has 2 aromatic rings. The normalized spacial score (nSPS) is 21.0. The molecule has 0 spiro atoms. The molecular formula is C16H16F2N2O4. The number of H-pyrrole nitrogens is 1. The summed E-state index contributed by atoms with van der Waals surface area (Å²) in [7, 11) is 0. The van der Waals surface area contributed by atoms with Crippen LogP contribution in [0, 0.1) is 11.6 Å². The van der Waals surface area contributed by atoms with Crippen molar-refractivity contribution in [3.05, 3.63) is 57.6 Å². The molecule has 1 fully saturated rings. The summed E-state index contributed by atoms with van der Waals surface area (Å²) < 4.78 is 31.5. The van der Waals surface area contributed by atoms with Crippen LogP contribution in [-0.4, -0.2) is 33.8 Å². The lowest BCUT2D eigenvalue weighted by molar-refractivity contribution is 0.0968. The van der Waals surface area contributed by atoms with Crippen molar-refractivity contribution in [1.29, 1.82) is 0 Å². The lowest BCUT2D eigenvalue weighted by Crippen LogP contribution is -2.46. The summed E-state index contributed by atoms with van der Waals surface area (Å²) in [5.41, 5.74) is 0.171. The van der Waals surface area contributed by atoms with E-state index in [4.69, 9.17) is 4.52 Å². The molecule has 128 valence electrons.